The molecule has 1 unspecified atom stereocenters. The zero-order valence-electron chi connectivity index (χ0n) is 13.8. The Morgan fingerprint density at radius 3 is 2.87 bits per heavy atom. The summed E-state index contributed by atoms with van der Waals surface area (Å²) in [6.07, 6.45) is 3.64. The SMILES string of the molecule is Cc1cnc(CC2CCN(S(=O)(=O)c3cccs3)C2)n1C(C)C. The van der Waals surface area contributed by atoms with Crippen LogP contribution < -0.4 is 0 Å². The summed E-state index contributed by atoms with van der Waals surface area (Å²) in [5.74, 6) is 1.40. The van der Waals surface area contributed by atoms with Crippen molar-refractivity contribution in [1.29, 1.82) is 0 Å². The van der Waals surface area contributed by atoms with E-state index in [2.05, 4.69) is 30.3 Å². The fourth-order valence-corrected chi connectivity index (χ4v) is 6.01. The highest BCUT2D eigenvalue weighted by Gasteiger charge is 2.33. The van der Waals surface area contributed by atoms with Crippen LogP contribution >= 0.6 is 11.3 Å². The second-order valence-electron chi connectivity index (χ2n) is 6.43. The summed E-state index contributed by atoms with van der Waals surface area (Å²) in [6.45, 7) is 7.57. The summed E-state index contributed by atoms with van der Waals surface area (Å²) in [4.78, 5) is 4.53. The monoisotopic (exact) mass is 353 g/mol. The minimum atomic E-state index is -3.32. The minimum Gasteiger partial charge on any atom is -0.330 e. The molecule has 1 saturated heterocycles. The molecule has 23 heavy (non-hydrogen) atoms. The van der Waals surface area contributed by atoms with Crippen molar-refractivity contribution in [2.75, 3.05) is 13.1 Å². The van der Waals surface area contributed by atoms with Crippen molar-refractivity contribution in [3.63, 3.8) is 0 Å². The van der Waals surface area contributed by atoms with Crippen LogP contribution in [-0.4, -0.2) is 35.4 Å². The molecule has 0 amide bonds. The molecule has 0 spiro atoms. The van der Waals surface area contributed by atoms with Crippen molar-refractivity contribution in [2.45, 2.75) is 43.9 Å². The van der Waals surface area contributed by atoms with E-state index >= 15 is 0 Å². The highest BCUT2D eigenvalue weighted by atomic mass is 32.2. The molecule has 0 aromatic carbocycles. The van der Waals surface area contributed by atoms with Crippen LogP contribution in [0.15, 0.2) is 27.9 Å². The summed E-state index contributed by atoms with van der Waals surface area (Å²) in [6, 6.07) is 3.84. The molecule has 0 bridgehead atoms. The van der Waals surface area contributed by atoms with Gasteiger partial charge >= 0.3 is 0 Å². The Morgan fingerprint density at radius 1 is 1.43 bits per heavy atom. The maximum atomic E-state index is 12.6. The molecule has 0 radical (unpaired) electrons. The van der Waals surface area contributed by atoms with Crippen molar-refractivity contribution in [1.82, 2.24) is 13.9 Å². The van der Waals surface area contributed by atoms with Crippen LogP contribution in [0, 0.1) is 12.8 Å². The second-order valence-corrected chi connectivity index (χ2v) is 9.55. The van der Waals surface area contributed by atoms with Gasteiger partial charge in [0.2, 0.25) is 0 Å². The molecule has 126 valence electrons. The van der Waals surface area contributed by atoms with Gasteiger partial charge in [0.25, 0.3) is 10.0 Å². The summed E-state index contributed by atoms with van der Waals surface area (Å²) >= 11 is 1.29. The fraction of sp³-hybridized carbons (Fsp3) is 0.562. The third-order valence-electron chi connectivity index (χ3n) is 4.38. The van der Waals surface area contributed by atoms with Gasteiger partial charge < -0.3 is 4.57 Å². The van der Waals surface area contributed by atoms with Crippen LogP contribution in [-0.2, 0) is 16.4 Å². The number of hydrogen-bond donors (Lipinski definition) is 0. The largest absolute Gasteiger partial charge is 0.330 e. The zero-order chi connectivity index (χ0) is 16.6. The Bertz CT molecular complexity index is 763. The van der Waals surface area contributed by atoms with Crippen molar-refractivity contribution in [3.05, 3.63) is 35.2 Å². The molecular formula is C16H23N3O2S2. The molecule has 0 aliphatic carbocycles. The van der Waals surface area contributed by atoms with Crippen molar-refractivity contribution in [2.24, 2.45) is 5.92 Å². The Balaban J connectivity index is 1.72. The Kier molecular flexibility index (Phi) is 4.62. The lowest BCUT2D eigenvalue weighted by atomic mass is 10.0. The third kappa shape index (κ3) is 3.22. The topological polar surface area (TPSA) is 55.2 Å². The van der Waals surface area contributed by atoms with Gasteiger partial charge in [-0.15, -0.1) is 11.3 Å². The molecule has 2 aromatic heterocycles. The Hall–Kier alpha value is -1.18. The van der Waals surface area contributed by atoms with E-state index in [-0.39, 0.29) is 0 Å². The van der Waals surface area contributed by atoms with Gasteiger partial charge in [-0.05, 0) is 44.6 Å². The van der Waals surface area contributed by atoms with Gasteiger partial charge in [0.05, 0.1) is 0 Å². The highest BCUT2D eigenvalue weighted by molar-refractivity contribution is 7.91. The number of rotatable bonds is 5. The summed E-state index contributed by atoms with van der Waals surface area (Å²) in [5, 5.41) is 1.81. The average Bonchev–Trinajstić information content (AvgIpc) is 3.20. The van der Waals surface area contributed by atoms with Crippen LogP contribution in [0.25, 0.3) is 0 Å². The van der Waals surface area contributed by atoms with Gasteiger partial charge in [-0.1, -0.05) is 6.07 Å². The number of sulfonamides is 1. The van der Waals surface area contributed by atoms with E-state index in [4.69, 9.17) is 0 Å². The molecule has 0 N–H and O–H groups in total. The third-order valence-corrected chi connectivity index (χ3v) is 7.62. The maximum Gasteiger partial charge on any atom is 0.252 e. The predicted octanol–water partition coefficient (Wildman–Crippen LogP) is 3.09. The van der Waals surface area contributed by atoms with Crippen molar-refractivity contribution < 1.29 is 8.42 Å². The van der Waals surface area contributed by atoms with E-state index in [1.54, 1.807) is 16.4 Å². The van der Waals surface area contributed by atoms with Crippen LogP contribution in [0.2, 0.25) is 0 Å². The molecule has 3 heterocycles. The van der Waals surface area contributed by atoms with Crippen LogP contribution in [0.3, 0.4) is 0 Å². The molecule has 1 fully saturated rings. The highest BCUT2D eigenvalue weighted by Crippen LogP contribution is 2.29. The van der Waals surface area contributed by atoms with Gasteiger partial charge in [0, 0.05) is 37.4 Å². The molecule has 1 atom stereocenters. The number of thiophene rings is 1. The molecular weight excluding hydrogens is 330 g/mol. The second kappa shape index (κ2) is 6.37. The van der Waals surface area contributed by atoms with Crippen molar-refractivity contribution >= 4 is 21.4 Å². The maximum absolute atomic E-state index is 12.6. The number of imidazole rings is 1. The average molecular weight is 354 g/mol. The van der Waals surface area contributed by atoms with E-state index in [1.165, 1.54) is 11.3 Å². The lowest BCUT2D eigenvalue weighted by Gasteiger charge is -2.17. The number of aryl methyl sites for hydroxylation is 1. The summed E-state index contributed by atoms with van der Waals surface area (Å²) < 4.78 is 29.5. The first-order valence-corrected chi connectivity index (χ1v) is 10.3. The molecule has 5 nitrogen and oxygen atoms in total. The summed E-state index contributed by atoms with van der Waals surface area (Å²) in [5.41, 5.74) is 1.16. The van der Waals surface area contributed by atoms with E-state index in [0.29, 0.717) is 29.3 Å². The summed E-state index contributed by atoms with van der Waals surface area (Å²) in [7, 11) is -3.32. The Labute approximate surface area is 142 Å². The lowest BCUT2D eigenvalue weighted by molar-refractivity contribution is 0.446. The first-order chi connectivity index (χ1) is 10.9. The minimum absolute atomic E-state index is 0.337. The molecule has 3 rings (SSSR count). The first-order valence-electron chi connectivity index (χ1n) is 7.96. The van der Waals surface area contributed by atoms with Gasteiger partial charge in [-0.25, -0.2) is 13.4 Å². The van der Waals surface area contributed by atoms with E-state index in [0.717, 1.165) is 24.4 Å². The lowest BCUT2D eigenvalue weighted by Crippen LogP contribution is -2.28. The van der Waals surface area contributed by atoms with Gasteiger partial charge in [-0.3, -0.25) is 0 Å². The Morgan fingerprint density at radius 2 is 2.22 bits per heavy atom. The number of aromatic nitrogens is 2. The zero-order valence-corrected chi connectivity index (χ0v) is 15.4. The van der Waals surface area contributed by atoms with Gasteiger partial charge in [0.15, 0.2) is 0 Å². The smallest absolute Gasteiger partial charge is 0.252 e. The van der Waals surface area contributed by atoms with E-state index in [9.17, 15) is 8.42 Å². The number of nitrogens with zero attached hydrogens (tertiary/aromatic N) is 3. The normalized spacial score (nSPS) is 19.7. The first kappa shape index (κ1) is 16.7. The molecule has 1 aliphatic rings. The van der Waals surface area contributed by atoms with Crippen LogP contribution in [0.5, 0.6) is 0 Å². The standard InChI is InChI=1S/C16H23N3O2S2/c1-12(2)19-13(3)10-17-15(19)9-14-6-7-18(11-14)23(20,21)16-5-4-8-22-16/h4-5,8,10,12,14H,6-7,9,11H2,1-3H3. The van der Waals surface area contributed by atoms with Gasteiger partial charge in [0.1, 0.15) is 10.0 Å². The molecule has 1 aliphatic heterocycles. The van der Waals surface area contributed by atoms with Crippen LogP contribution in [0.4, 0.5) is 0 Å². The van der Waals surface area contributed by atoms with Crippen LogP contribution in [0.1, 0.15) is 37.8 Å². The quantitative estimate of drug-likeness (QED) is 0.830. The fourth-order valence-electron chi connectivity index (χ4n) is 3.33. The molecule has 2 aromatic rings. The van der Waals surface area contributed by atoms with E-state index < -0.39 is 10.0 Å². The van der Waals surface area contributed by atoms with Gasteiger partial charge in [-0.2, -0.15) is 4.31 Å². The molecule has 0 saturated carbocycles. The predicted molar refractivity (Wildman–Crippen MR) is 92.2 cm³/mol. The van der Waals surface area contributed by atoms with E-state index in [1.807, 2.05) is 11.6 Å². The molecule has 7 heteroatoms. The number of hydrogen-bond acceptors (Lipinski definition) is 4. The van der Waals surface area contributed by atoms with Crippen molar-refractivity contribution in [3.8, 4) is 0 Å².